The van der Waals surface area contributed by atoms with Crippen molar-refractivity contribution < 1.29 is 0 Å². The molecule has 0 aliphatic carbocycles. The molecule has 0 amide bonds. The molecule has 2 aliphatic heterocycles. The van der Waals surface area contributed by atoms with Crippen LogP contribution >= 0.6 is 0 Å². The van der Waals surface area contributed by atoms with Crippen LogP contribution in [0.4, 0.5) is 5.69 Å². The van der Waals surface area contributed by atoms with Crippen LogP contribution in [0.1, 0.15) is 28.1 Å². The van der Waals surface area contributed by atoms with Crippen molar-refractivity contribution in [2.24, 2.45) is 5.92 Å². The molecule has 0 unspecified atom stereocenters. The van der Waals surface area contributed by atoms with Crippen LogP contribution in [-0.4, -0.2) is 34.5 Å². The van der Waals surface area contributed by atoms with Gasteiger partial charge in [0.2, 0.25) is 0 Å². The molecule has 1 fully saturated rings. The third-order valence-electron chi connectivity index (χ3n) is 5.86. The Bertz CT molecular complexity index is 806. The number of anilines is 1. The van der Waals surface area contributed by atoms with Gasteiger partial charge in [-0.05, 0) is 49.6 Å². The molecule has 0 atom stereocenters. The molecule has 0 radical (unpaired) electrons. The van der Waals surface area contributed by atoms with E-state index in [4.69, 9.17) is 4.98 Å². The average Bonchev–Trinajstić information content (AvgIpc) is 2.95. The summed E-state index contributed by atoms with van der Waals surface area (Å²) in [7, 11) is 0. The van der Waals surface area contributed by atoms with Crippen LogP contribution in [0.15, 0.2) is 36.7 Å². The zero-order valence-corrected chi connectivity index (χ0v) is 15.4. The number of hydrogen-bond donors (Lipinski definition) is 0. The molecular weight excluding hydrogens is 308 g/mol. The van der Waals surface area contributed by atoms with E-state index in [1.165, 1.54) is 39.3 Å². The molecule has 4 rings (SSSR count). The molecule has 2 aliphatic rings. The summed E-state index contributed by atoms with van der Waals surface area (Å²) in [6, 6.07) is 4.13. The van der Waals surface area contributed by atoms with Gasteiger partial charge in [-0.1, -0.05) is 12.2 Å². The first-order valence-corrected chi connectivity index (χ1v) is 9.03. The maximum atomic E-state index is 4.82. The zero-order chi connectivity index (χ0) is 17.6. The Morgan fingerprint density at radius 1 is 1.20 bits per heavy atom. The van der Waals surface area contributed by atoms with E-state index in [2.05, 4.69) is 48.2 Å². The molecule has 0 spiro atoms. The summed E-state index contributed by atoms with van der Waals surface area (Å²) < 4.78 is 0. The lowest BCUT2D eigenvalue weighted by Gasteiger charge is -2.42. The molecule has 0 bridgehead atoms. The minimum atomic E-state index is 0.585. The first-order valence-electron chi connectivity index (χ1n) is 9.03. The Morgan fingerprint density at radius 3 is 2.72 bits per heavy atom. The molecule has 0 aromatic carbocycles. The van der Waals surface area contributed by atoms with Crippen molar-refractivity contribution in [1.29, 1.82) is 0 Å². The summed E-state index contributed by atoms with van der Waals surface area (Å²) in [5, 5.41) is 0. The van der Waals surface area contributed by atoms with Crippen LogP contribution in [0.2, 0.25) is 0 Å². The number of aryl methyl sites for hydroxylation is 1. The third kappa shape index (κ3) is 2.95. The molecule has 0 saturated carbocycles. The summed E-state index contributed by atoms with van der Waals surface area (Å²) in [6.45, 7) is 16.0. The van der Waals surface area contributed by atoms with Gasteiger partial charge in [-0.25, -0.2) is 0 Å². The second-order valence-electron chi connectivity index (χ2n) is 7.49. The Balaban J connectivity index is 1.35. The monoisotopic (exact) mass is 334 g/mol. The largest absolute Gasteiger partial charge is 0.369 e. The van der Waals surface area contributed by atoms with Crippen molar-refractivity contribution in [3.8, 4) is 0 Å². The summed E-state index contributed by atoms with van der Waals surface area (Å²) in [4.78, 5) is 13.9. The number of pyridine rings is 2. The van der Waals surface area contributed by atoms with Gasteiger partial charge < -0.3 is 4.90 Å². The van der Waals surface area contributed by atoms with Crippen LogP contribution in [0.3, 0.4) is 0 Å². The van der Waals surface area contributed by atoms with Gasteiger partial charge in [-0.3, -0.25) is 14.9 Å². The van der Waals surface area contributed by atoms with Crippen LogP contribution in [0.25, 0.3) is 0 Å². The number of fused-ring (bicyclic) bond motifs is 1. The van der Waals surface area contributed by atoms with Crippen molar-refractivity contribution in [2.75, 3.05) is 24.5 Å². The number of nitrogens with zero attached hydrogens (tertiary/aromatic N) is 4. The van der Waals surface area contributed by atoms with Gasteiger partial charge in [0.05, 0.1) is 17.6 Å². The highest BCUT2D eigenvalue weighted by Gasteiger charge is 2.31. The van der Waals surface area contributed by atoms with Crippen molar-refractivity contribution in [3.05, 3.63) is 64.8 Å². The molecule has 2 aromatic heterocycles. The first-order chi connectivity index (χ1) is 12.0. The van der Waals surface area contributed by atoms with Gasteiger partial charge in [0.25, 0.3) is 0 Å². The molecule has 2 aromatic rings. The van der Waals surface area contributed by atoms with Gasteiger partial charge in [0.15, 0.2) is 0 Å². The number of aromatic nitrogens is 2. The fourth-order valence-corrected chi connectivity index (χ4v) is 3.92. The van der Waals surface area contributed by atoms with Gasteiger partial charge in [0.1, 0.15) is 0 Å². The van der Waals surface area contributed by atoms with Crippen LogP contribution < -0.4 is 4.90 Å². The molecule has 1 saturated heterocycles. The highest BCUT2D eigenvalue weighted by atomic mass is 15.2. The minimum absolute atomic E-state index is 0.585. The Kier molecular flexibility index (Phi) is 4.08. The quantitative estimate of drug-likeness (QED) is 0.802. The molecule has 0 N–H and O–H groups in total. The molecule has 4 heteroatoms. The Hall–Kier alpha value is -2.20. The standard InChI is InChI=1S/C21H26N4/c1-14(18-10-25(11-18)19-6-5-7-22-8-19)9-24-12-20-16(3)15(2)17(4)23-21(20)13-24/h5-8,18H,1,9-13H2,2-4H3. The normalized spacial score (nSPS) is 17.5. The van der Waals surface area contributed by atoms with E-state index in [-0.39, 0.29) is 0 Å². The van der Waals surface area contributed by atoms with E-state index in [1.54, 1.807) is 0 Å². The lowest BCUT2D eigenvalue weighted by molar-refractivity contribution is 0.289. The maximum Gasteiger partial charge on any atom is 0.0595 e. The average molecular weight is 334 g/mol. The van der Waals surface area contributed by atoms with Gasteiger partial charge in [0, 0.05) is 50.5 Å². The smallest absolute Gasteiger partial charge is 0.0595 e. The predicted molar refractivity (Wildman–Crippen MR) is 102 cm³/mol. The van der Waals surface area contributed by atoms with Gasteiger partial charge in [-0.15, -0.1) is 0 Å². The fourth-order valence-electron chi connectivity index (χ4n) is 3.92. The van der Waals surface area contributed by atoms with Crippen molar-refractivity contribution >= 4 is 5.69 Å². The Labute approximate surface area is 150 Å². The number of rotatable bonds is 4. The summed E-state index contributed by atoms with van der Waals surface area (Å²) in [5.74, 6) is 0.585. The van der Waals surface area contributed by atoms with Crippen molar-refractivity contribution in [3.63, 3.8) is 0 Å². The molecule has 4 nitrogen and oxygen atoms in total. The van der Waals surface area contributed by atoms with Crippen molar-refractivity contribution in [2.45, 2.75) is 33.9 Å². The minimum Gasteiger partial charge on any atom is -0.369 e. The fraction of sp³-hybridized carbons (Fsp3) is 0.429. The second kappa shape index (κ2) is 6.26. The predicted octanol–water partition coefficient (Wildman–Crippen LogP) is 3.41. The molecule has 4 heterocycles. The summed E-state index contributed by atoms with van der Waals surface area (Å²) in [6.07, 6.45) is 3.76. The highest BCUT2D eigenvalue weighted by Crippen LogP contribution is 2.31. The molecule has 25 heavy (non-hydrogen) atoms. The molecular formula is C21H26N4. The maximum absolute atomic E-state index is 4.82. The van der Waals surface area contributed by atoms with E-state index < -0.39 is 0 Å². The zero-order valence-electron chi connectivity index (χ0n) is 15.4. The highest BCUT2D eigenvalue weighted by molar-refractivity contribution is 5.48. The second-order valence-corrected chi connectivity index (χ2v) is 7.49. The summed E-state index contributed by atoms with van der Waals surface area (Å²) in [5.41, 5.74) is 9.18. The van der Waals surface area contributed by atoms with Gasteiger partial charge >= 0.3 is 0 Å². The third-order valence-corrected chi connectivity index (χ3v) is 5.86. The van der Waals surface area contributed by atoms with Crippen LogP contribution in [-0.2, 0) is 13.1 Å². The van der Waals surface area contributed by atoms with E-state index in [9.17, 15) is 0 Å². The van der Waals surface area contributed by atoms with Crippen LogP contribution in [0.5, 0.6) is 0 Å². The Morgan fingerprint density at radius 2 is 2.00 bits per heavy atom. The van der Waals surface area contributed by atoms with E-state index in [0.29, 0.717) is 5.92 Å². The lowest BCUT2D eigenvalue weighted by atomic mass is 9.91. The topological polar surface area (TPSA) is 32.3 Å². The number of hydrogen-bond acceptors (Lipinski definition) is 4. The SMILES string of the molecule is C=C(CN1Cc2nc(C)c(C)c(C)c2C1)C1CN(c2cccnc2)C1. The van der Waals surface area contributed by atoms with E-state index in [0.717, 1.165) is 32.7 Å². The lowest BCUT2D eigenvalue weighted by Crippen LogP contribution is -2.48. The van der Waals surface area contributed by atoms with E-state index in [1.807, 2.05) is 18.5 Å². The molecule has 130 valence electrons. The first kappa shape index (κ1) is 16.3. The van der Waals surface area contributed by atoms with Gasteiger partial charge in [-0.2, -0.15) is 0 Å². The summed E-state index contributed by atoms with van der Waals surface area (Å²) >= 11 is 0. The van der Waals surface area contributed by atoms with Crippen LogP contribution in [0, 0.1) is 26.7 Å². The van der Waals surface area contributed by atoms with E-state index >= 15 is 0 Å². The van der Waals surface area contributed by atoms with Crippen molar-refractivity contribution in [1.82, 2.24) is 14.9 Å².